The van der Waals surface area contributed by atoms with Crippen LogP contribution in [0.1, 0.15) is 12.7 Å². The summed E-state index contributed by atoms with van der Waals surface area (Å²) in [5.41, 5.74) is 0.957. The summed E-state index contributed by atoms with van der Waals surface area (Å²) in [5.74, 6) is 1.32. The van der Waals surface area contributed by atoms with E-state index in [-0.39, 0.29) is 0 Å². The second-order valence-corrected chi connectivity index (χ2v) is 6.85. The minimum atomic E-state index is 0.422. The minimum absolute atomic E-state index is 0.422. The molecule has 0 N–H and O–H groups in total. The highest BCUT2D eigenvalue weighted by atomic mass is 32.1. The van der Waals surface area contributed by atoms with Crippen molar-refractivity contribution in [3.8, 4) is 11.5 Å². The maximum atomic E-state index is 5.39. The van der Waals surface area contributed by atoms with Gasteiger partial charge in [-0.05, 0) is 19.1 Å². The lowest BCUT2D eigenvalue weighted by Gasteiger charge is -2.39. The molecule has 1 fully saturated rings. The van der Waals surface area contributed by atoms with Crippen molar-refractivity contribution in [3.63, 3.8) is 0 Å². The fourth-order valence-corrected chi connectivity index (χ4v) is 3.81. The van der Waals surface area contributed by atoms with Crippen LogP contribution in [-0.4, -0.2) is 45.7 Å². The zero-order chi connectivity index (χ0) is 16.4. The fourth-order valence-electron chi connectivity index (χ4n) is 3.03. The Morgan fingerprint density at radius 3 is 2.88 bits per heavy atom. The number of hydrogen-bond acceptors (Lipinski definition) is 7. The molecule has 7 heteroatoms. The quantitative estimate of drug-likeness (QED) is 0.727. The number of hydrogen-bond donors (Lipinski definition) is 0. The van der Waals surface area contributed by atoms with Crippen LogP contribution >= 0.6 is 11.3 Å². The van der Waals surface area contributed by atoms with Gasteiger partial charge in [-0.3, -0.25) is 4.90 Å². The van der Waals surface area contributed by atoms with E-state index in [1.807, 2.05) is 41.9 Å². The summed E-state index contributed by atoms with van der Waals surface area (Å²) in [7, 11) is 0. The zero-order valence-corrected chi connectivity index (χ0v) is 14.3. The van der Waals surface area contributed by atoms with E-state index in [2.05, 4.69) is 31.8 Å². The summed E-state index contributed by atoms with van der Waals surface area (Å²) in [4.78, 5) is 13.7. The summed E-state index contributed by atoms with van der Waals surface area (Å²) >= 11 is 1.70. The Kier molecular flexibility index (Phi) is 4.27. The number of anilines is 1. The van der Waals surface area contributed by atoms with Gasteiger partial charge in [0.05, 0.1) is 6.54 Å². The van der Waals surface area contributed by atoms with Gasteiger partial charge >= 0.3 is 0 Å². The van der Waals surface area contributed by atoms with Gasteiger partial charge in [0.2, 0.25) is 0 Å². The number of benzene rings is 1. The molecule has 0 radical (unpaired) electrons. The van der Waals surface area contributed by atoms with Gasteiger partial charge in [0, 0.05) is 42.8 Å². The predicted octanol–water partition coefficient (Wildman–Crippen LogP) is 2.90. The predicted molar refractivity (Wildman–Crippen MR) is 93.9 cm³/mol. The van der Waals surface area contributed by atoms with E-state index in [1.54, 1.807) is 11.3 Å². The molecule has 124 valence electrons. The first-order chi connectivity index (χ1) is 11.8. The van der Waals surface area contributed by atoms with Crippen LogP contribution in [0, 0.1) is 0 Å². The van der Waals surface area contributed by atoms with E-state index in [4.69, 9.17) is 4.52 Å². The number of aromatic nitrogens is 3. The first-order valence-electron chi connectivity index (χ1n) is 8.06. The molecule has 24 heavy (non-hydrogen) atoms. The Hall–Kier alpha value is -2.25. The molecule has 3 aromatic rings. The van der Waals surface area contributed by atoms with Gasteiger partial charge in [-0.1, -0.05) is 23.4 Å². The highest BCUT2D eigenvalue weighted by molar-refractivity contribution is 7.13. The monoisotopic (exact) mass is 341 g/mol. The Balaban J connectivity index is 1.39. The molecular weight excluding hydrogens is 322 g/mol. The van der Waals surface area contributed by atoms with E-state index in [1.165, 1.54) is 0 Å². The minimum Gasteiger partial charge on any atom is -0.343 e. The molecule has 3 heterocycles. The van der Waals surface area contributed by atoms with Crippen LogP contribution in [0.3, 0.4) is 0 Å². The molecule has 1 unspecified atom stereocenters. The summed E-state index contributed by atoms with van der Waals surface area (Å²) in [6.45, 7) is 5.86. The second-order valence-electron chi connectivity index (χ2n) is 5.97. The van der Waals surface area contributed by atoms with Gasteiger partial charge in [-0.15, -0.1) is 11.3 Å². The molecule has 0 bridgehead atoms. The highest BCUT2D eigenvalue weighted by Gasteiger charge is 2.26. The normalized spacial score (nSPS) is 18.9. The average Bonchev–Trinajstić information content (AvgIpc) is 3.28. The van der Waals surface area contributed by atoms with Crippen LogP contribution in [0.5, 0.6) is 0 Å². The third kappa shape index (κ3) is 3.18. The van der Waals surface area contributed by atoms with Gasteiger partial charge in [0.1, 0.15) is 0 Å². The lowest BCUT2D eigenvalue weighted by molar-refractivity contribution is 0.213. The SMILES string of the molecule is CC1CN(Cc2noc(-c3ccccc3)n2)CCN1c1nccs1. The highest BCUT2D eigenvalue weighted by Crippen LogP contribution is 2.23. The number of rotatable bonds is 4. The van der Waals surface area contributed by atoms with Crippen molar-refractivity contribution in [3.05, 3.63) is 47.7 Å². The van der Waals surface area contributed by atoms with Gasteiger partial charge in [-0.2, -0.15) is 4.98 Å². The molecule has 2 aromatic heterocycles. The van der Waals surface area contributed by atoms with Gasteiger partial charge < -0.3 is 9.42 Å². The maximum Gasteiger partial charge on any atom is 0.257 e. The molecule has 0 saturated carbocycles. The standard InChI is InChI=1S/C17H19N5OS/c1-13-11-21(8-9-22(13)17-18-7-10-24-17)12-15-19-16(23-20-15)14-5-3-2-4-6-14/h2-7,10,13H,8-9,11-12H2,1H3. The van der Waals surface area contributed by atoms with E-state index >= 15 is 0 Å². The van der Waals surface area contributed by atoms with Crippen LogP contribution < -0.4 is 4.90 Å². The summed E-state index contributed by atoms with van der Waals surface area (Å²) < 4.78 is 5.39. The van der Waals surface area contributed by atoms with Crippen molar-refractivity contribution in [1.82, 2.24) is 20.0 Å². The van der Waals surface area contributed by atoms with Crippen LogP contribution in [0.25, 0.3) is 11.5 Å². The summed E-state index contributed by atoms with van der Waals surface area (Å²) in [6, 6.07) is 10.3. The summed E-state index contributed by atoms with van der Waals surface area (Å²) in [6.07, 6.45) is 1.86. The Labute approximate surface area is 144 Å². The van der Waals surface area contributed by atoms with Crippen LogP contribution in [0.2, 0.25) is 0 Å². The molecular formula is C17H19N5OS. The molecule has 0 aliphatic carbocycles. The second kappa shape index (κ2) is 6.70. The lowest BCUT2D eigenvalue weighted by atomic mass is 10.2. The smallest absolute Gasteiger partial charge is 0.257 e. The average molecular weight is 341 g/mol. The van der Waals surface area contributed by atoms with Crippen molar-refractivity contribution in [1.29, 1.82) is 0 Å². The fraction of sp³-hybridized carbons (Fsp3) is 0.353. The lowest BCUT2D eigenvalue weighted by Crippen LogP contribution is -2.51. The van der Waals surface area contributed by atoms with Gasteiger partial charge in [-0.25, -0.2) is 4.98 Å². The molecule has 0 amide bonds. The molecule has 4 rings (SSSR count). The maximum absolute atomic E-state index is 5.39. The molecule has 6 nitrogen and oxygen atoms in total. The van der Waals surface area contributed by atoms with E-state index in [9.17, 15) is 0 Å². The number of thiazole rings is 1. The van der Waals surface area contributed by atoms with E-state index in [0.717, 1.165) is 36.2 Å². The van der Waals surface area contributed by atoms with Crippen LogP contribution in [-0.2, 0) is 6.54 Å². The van der Waals surface area contributed by atoms with Crippen molar-refractivity contribution in [2.45, 2.75) is 19.5 Å². The van der Waals surface area contributed by atoms with Gasteiger partial charge in [0.25, 0.3) is 5.89 Å². The van der Waals surface area contributed by atoms with Crippen molar-refractivity contribution in [2.24, 2.45) is 0 Å². The van der Waals surface area contributed by atoms with Crippen molar-refractivity contribution < 1.29 is 4.52 Å². The Morgan fingerprint density at radius 1 is 1.25 bits per heavy atom. The largest absolute Gasteiger partial charge is 0.343 e. The number of nitrogens with zero attached hydrogens (tertiary/aromatic N) is 5. The first kappa shape index (κ1) is 15.3. The van der Waals surface area contributed by atoms with E-state index in [0.29, 0.717) is 18.5 Å². The van der Waals surface area contributed by atoms with Crippen LogP contribution in [0.15, 0.2) is 46.4 Å². The molecule has 1 saturated heterocycles. The zero-order valence-electron chi connectivity index (χ0n) is 13.5. The molecule has 1 atom stereocenters. The molecule has 0 spiro atoms. The molecule has 1 aliphatic rings. The van der Waals surface area contributed by atoms with E-state index < -0.39 is 0 Å². The molecule has 1 aromatic carbocycles. The van der Waals surface area contributed by atoms with Crippen molar-refractivity contribution in [2.75, 3.05) is 24.5 Å². The third-order valence-electron chi connectivity index (χ3n) is 4.23. The Morgan fingerprint density at radius 2 is 2.12 bits per heavy atom. The summed E-state index contributed by atoms with van der Waals surface area (Å²) in [5, 5.41) is 7.26. The third-order valence-corrected chi connectivity index (χ3v) is 5.04. The first-order valence-corrected chi connectivity index (χ1v) is 8.94. The Bertz CT molecular complexity index is 773. The van der Waals surface area contributed by atoms with Crippen LogP contribution in [0.4, 0.5) is 5.13 Å². The molecule has 1 aliphatic heterocycles. The van der Waals surface area contributed by atoms with Gasteiger partial charge in [0.15, 0.2) is 11.0 Å². The number of piperazine rings is 1. The topological polar surface area (TPSA) is 58.3 Å². The van der Waals surface area contributed by atoms with Crippen molar-refractivity contribution >= 4 is 16.5 Å².